The van der Waals surface area contributed by atoms with E-state index in [1.54, 1.807) is 0 Å². The summed E-state index contributed by atoms with van der Waals surface area (Å²) in [5, 5.41) is 3.61. The van der Waals surface area contributed by atoms with Crippen molar-refractivity contribution in [3.05, 3.63) is 23.0 Å². The Morgan fingerprint density at radius 2 is 2.00 bits per heavy atom. The highest BCUT2D eigenvalue weighted by Crippen LogP contribution is 2.23. The van der Waals surface area contributed by atoms with Crippen molar-refractivity contribution in [3.63, 3.8) is 0 Å². The minimum absolute atomic E-state index is 0.935. The van der Waals surface area contributed by atoms with E-state index in [0.29, 0.717) is 0 Å². The molecule has 90 valence electrons. The number of nitrogens with one attached hydrogen (secondary N) is 1. The Morgan fingerprint density at radius 1 is 1.31 bits per heavy atom. The molecule has 1 aliphatic carbocycles. The van der Waals surface area contributed by atoms with Crippen molar-refractivity contribution in [3.8, 4) is 0 Å². The Morgan fingerprint density at radius 3 is 2.56 bits per heavy atom. The van der Waals surface area contributed by atoms with Crippen LogP contribution in [-0.4, -0.2) is 11.1 Å². The van der Waals surface area contributed by atoms with Gasteiger partial charge in [0.25, 0.3) is 0 Å². The zero-order valence-corrected chi connectivity index (χ0v) is 10.8. The van der Waals surface area contributed by atoms with Gasteiger partial charge in [0.05, 0.1) is 0 Å². The molecule has 0 unspecified atom stereocenters. The largest absolute Gasteiger partial charge is 0.352 e. The van der Waals surface area contributed by atoms with Gasteiger partial charge in [-0.3, -0.25) is 0 Å². The van der Waals surface area contributed by atoms with Crippen LogP contribution in [0, 0.1) is 19.8 Å². The summed E-state index contributed by atoms with van der Waals surface area (Å²) >= 11 is 0. The zero-order chi connectivity index (χ0) is 11.5. The first-order chi connectivity index (χ1) is 7.68. The smallest absolute Gasteiger partial charge is 0.0223 e. The fourth-order valence-electron chi connectivity index (χ4n) is 2.74. The third kappa shape index (κ3) is 2.49. The third-order valence-electron chi connectivity index (χ3n) is 4.10. The van der Waals surface area contributed by atoms with E-state index in [9.17, 15) is 0 Å². The number of hydrogen-bond donors (Lipinski definition) is 1. The number of nitrogens with zero attached hydrogens (tertiary/aromatic N) is 1. The zero-order valence-electron chi connectivity index (χ0n) is 10.8. The molecule has 2 heteroatoms. The summed E-state index contributed by atoms with van der Waals surface area (Å²) in [6.07, 6.45) is 5.74. The molecule has 0 aromatic carbocycles. The van der Waals surface area contributed by atoms with Gasteiger partial charge in [-0.05, 0) is 50.8 Å². The van der Waals surface area contributed by atoms with Crippen molar-refractivity contribution >= 4 is 0 Å². The van der Waals surface area contributed by atoms with E-state index >= 15 is 0 Å². The molecule has 1 aromatic heterocycles. The van der Waals surface area contributed by atoms with Gasteiger partial charge in [-0.2, -0.15) is 0 Å². The molecule has 0 atom stereocenters. The second-order valence-corrected chi connectivity index (χ2v) is 5.24. The Bertz CT molecular complexity index is 346. The predicted molar refractivity (Wildman–Crippen MR) is 68.6 cm³/mol. The van der Waals surface area contributed by atoms with Crippen molar-refractivity contribution in [1.82, 2.24) is 9.88 Å². The summed E-state index contributed by atoms with van der Waals surface area (Å²) in [6.45, 7) is 6.62. The summed E-state index contributed by atoms with van der Waals surface area (Å²) < 4.78 is 2.27. The maximum absolute atomic E-state index is 3.61. The van der Waals surface area contributed by atoms with Gasteiger partial charge in [0, 0.05) is 25.0 Å². The van der Waals surface area contributed by atoms with Crippen LogP contribution in [0.2, 0.25) is 0 Å². The van der Waals surface area contributed by atoms with Gasteiger partial charge in [0.2, 0.25) is 0 Å². The van der Waals surface area contributed by atoms with Crippen LogP contribution in [0.3, 0.4) is 0 Å². The van der Waals surface area contributed by atoms with Crippen LogP contribution in [0.1, 0.15) is 42.6 Å². The Balaban J connectivity index is 1.82. The molecule has 2 rings (SSSR count). The topological polar surface area (TPSA) is 17.0 Å². The SMILES string of the molecule is Cc1cc(CNCC2CCCC2)c(C)n1C. The van der Waals surface area contributed by atoms with E-state index in [4.69, 9.17) is 0 Å². The number of rotatable bonds is 4. The van der Waals surface area contributed by atoms with E-state index in [1.807, 2.05) is 0 Å². The fourth-order valence-corrected chi connectivity index (χ4v) is 2.74. The molecule has 2 nitrogen and oxygen atoms in total. The Labute approximate surface area is 99.0 Å². The summed E-state index contributed by atoms with van der Waals surface area (Å²) in [4.78, 5) is 0. The summed E-state index contributed by atoms with van der Waals surface area (Å²) in [7, 11) is 2.14. The monoisotopic (exact) mass is 220 g/mol. The molecule has 0 spiro atoms. The van der Waals surface area contributed by atoms with E-state index < -0.39 is 0 Å². The van der Waals surface area contributed by atoms with Gasteiger partial charge < -0.3 is 9.88 Å². The average molecular weight is 220 g/mol. The molecule has 0 radical (unpaired) electrons. The number of aromatic nitrogens is 1. The van der Waals surface area contributed by atoms with Gasteiger partial charge in [-0.1, -0.05) is 12.8 Å². The minimum Gasteiger partial charge on any atom is -0.352 e. The first-order valence-corrected chi connectivity index (χ1v) is 6.51. The Kier molecular flexibility index (Phi) is 3.70. The molecule has 1 saturated carbocycles. The third-order valence-corrected chi connectivity index (χ3v) is 4.10. The molecule has 1 heterocycles. The number of aryl methyl sites for hydroxylation is 1. The van der Waals surface area contributed by atoms with Crippen LogP contribution in [-0.2, 0) is 13.6 Å². The first-order valence-electron chi connectivity index (χ1n) is 6.51. The second kappa shape index (κ2) is 5.05. The van der Waals surface area contributed by atoms with Crippen molar-refractivity contribution < 1.29 is 0 Å². The first kappa shape index (κ1) is 11.7. The van der Waals surface area contributed by atoms with E-state index in [2.05, 4.69) is 36.8 Å². The van der Waals surface area contributed by atoms with Crippen LogP contribution in [0.5, 0.6) is 0 Å². The molecular formula is C14H24N2. The standard InChI is InChI=1S/C14H24N2/c1-11-8-14(12(2)16(11)3)10-15-9-13-6-4-5-7-13/h8,13,15H,4-7,9-10H2,1-3H3. The molecule has 0 bridgehead atoms. The van der Waals surface area contributed by atoms with Crippen LogP contribution >= 0.6 is 0 Å². The van der Waals surface area contributed by atoms with Crippen molar-refractivity contribution in [2.24, 2.45) is 13.0 Å². The maximum atomic E-state index is 3.61. The maximum Gasteiger partial charge on any atom is 0.0223 e. The Hall–Kier alpha value is -0.760. The highest BCUT2D eigenvalue weighted by molar-refractivity contribution is 5.26. The molecular weight excluding hydrogens is 196 g/mol. The van der Waals surface area contributed by atoms with Crippen LogP contribution in [0.4, 0.5) is 0 Å². The van der Waals surface area contributed by atoms with Gasteiger partial charge in [0.15, 0.2) is 0 Å². The lowest BCUT2D eigenvalue weighted by Gasteiger charge is -2.10. The summed E-state index contributed by atoms with van der Waals surface area (Å²) in [5.74, 6) is 0.935. The van der Waals surface area contributed by atoms with Gasteiger partial charge in [-0.25, -0.2) is 0 Å². The summed E-state index contributed by atoms with van der Waals surface area (Å²) in [5.41, 5.74) is 4.21. The van der Waals surface area contributed by atoms with Gasteiger partial charge in [0.1, 0.15) is 0 Å². The van der Waals surface area contributed by atoms with Crippen molar-refractivity contribution in [2.75, 3.05) is 6.54 Å². The summed E-state index contributed by atoms with van der Waals surface area (Å²) in [6, 6.07) is 2.30. The van der Waals surface area contributed by atoms with Gasteiger partial charge in [-0.15, -0.1) is 0 Å². The molecule has 1 aromatic rings. The van der Waals surface area contributed by atoms with E-state index in [1.165, 1.54) is 49.2 Å². The van der Waals surface area contributed by atoms with Crippen LogP contribution in [0.15, 0.2) is 6.07 Å². The van der Waals surface area contributed by atoms with Crippen LogP contribution < -0.4 is 5.32 Å². The highest BCUT2D eigenvalue weighted by Gasteiger charge is 2.14. The lowest BCUT2D eigenvalue weighted by atomic mass is 10.1. The molecule has 1 aliphatic rings. The van der Waals surface area contributed by atoms with Gasteiger partial charge >= 0.3 is 0 Å². The van der Waals surface area contributed by atoms with E-state index in [-0.39, 0.29) is 0 Å². The highest BCUT2D eigenvalue weighted by atomic mass is 15.0. The molecule has 0 aliphatic heterocycles. The molecule has 1 fully saturated rings. The van der Waals surface area contributed by atoms with E-state index in [0.717, 1.165) is 12.5 Å². The van der Waals surface area contributed by atoms with Crippen molar-refractivity contribution in [1.29, 1.82) is 0 Å². The molecule has 0 saturated heterocycles. The molecule has 16 heavy (non-hydrogen) atoms. The molecule has 1 N–H and O–H groups in total. The predicted octanol–water partition coefficient (Wildman–Crippen LogP) is 2.92. The average Bonchev–Trinajstić information content (AvgIpc) is 2.85. The quantitative estimate of drug-likeness (QED) is 0.825. The van der Waals surface area contributed by atoms with Crippen LogP contribution in [0.25, 0.3) is 0 Å². The minimum atomic E-state index is 0.935. The number of hydrogen-bond acceptors (Lipinski definition) is 1. The second-order valence-electron chi connectivity index (χ2n) is 5.24. The lowest BCUT2D eigenvalue weighted by Crippen LogP contribution is -2.20. The fraction of sp³-hybridized carbons (Fsp3) is 0.714. The van der Waals surface area contributed by atoms with Crippen molar-refractivity contribution in [2.45, 2.75) is 46.1 Å². The normalized spacial score (nSPS) is 17.2. The lowest BCUT2D eigenvalue weighted by molar-refractivity contribution is 0.489. The molecule has 0 amide bonds.